The Bertz CT molecular complexity index is 442. The van der Waals surface area contributed by atoms with Gasteiger partial charge in [-0.25, -0.2) is 0 Å². The van der Waals surface area contributed by atoms with E-state index in [1.54, 1.807) is 18.2 Å². The molecule has 1 atom stereocenters. The molecule has 0 aliphatic carbocycles. The van der Waals surface area contributed by atoms with E-state index >= 15 is 0 Å². The number of ether oxygens (including phenoxy) is 1. The molecule has 1 fully saturated rings. The summed E-state index contributed by atoms with van der Waals surface area (Å²) in [5.74, 6) is -0.0322. The van der Waals surface area contributed by atoms with E-state index in [4.69, 9.17) is 27.9 Å². The summed E-state index contributed by atoms with van der Waals surface area (Å²) < 4.78 is 5.29. The van der Waals surface area contributed by atoms with Crippen LogP contribution in [-0.2, 0) is 9.53 Å². The predicted octanol–water partition coefficient (Wildman–Crippen LogP) is 1.24. The third kappa shape index (κ3) is 4.08. The van der Waals surface area contributed by atoms with Crippen LogP contribution in [0.3, 0.4) is 0 Å². The van der Waals surface area contributed by atoms with E-state index in [0.717, 1.165) is 13.1 Å². The summed E-state index contributed by atoms with van der Waals surface area (Å²) in [4.78, 5) is 13.4. The molecular formula is C13H17Cl2N2O2+. The second kappa shape index (κ2) is 6.57. The first-order chi connectivity index (χ1) is 9.06. The number of hydrogen-bond acceptors (Lipinski definition) is 2. The van der Waals surface area contributed by atoms with E-state index in [9.17, 15) is 4.79 Å². The Morgan fingerprint density at radius 2 is 1.84 bits per heavy atom. The number of quaternary nitrogens is 1. The van der Waals surface area contributed by atoms with Crippen molar-refractivity contribution in [2.24, 2.45) is 0 Å². The number of carbonyl (C=O) groups excluding carboxylic acids is 1. The van der Waals surface area contributed by atoms with E-state index in [-0.39, 0.29) is 11.9 Å². The maximum Gasteiger partial charge on any atom is 0.282 e. The molecule has 1 heterocycles. The van der Waals surface area contributed by atoms with Gasteiger partial charge in [-0.15, -0.1) is 0 Å². The molecule has 0 unspecified atom stereocenters. The lowest BCUT2D eigenvalue weighted by Crippen LogP contribution is -3.18. The first-order valence-corrected chi connectivity index (χ1v) is 7.01. The first-order valence-electron chi connectivity index (χ1n) is 6.25. The molecule has 19 heavy (non-hydrogen) atoms. The molecule has 0 radical (unpaired) electrons. The van der Waals surface area contributed by atoms with Crippen molar-refractivity contribution in [1.29, 1.82) is 0 Å². The van der Waals surface area contributed by atoms with Gasteiger partial charge in [0, 0.05) is 15.7 Å². The fraction of sp³-hybridized carbons (Fsp3) is 0.462. The Morgan fingerprint density at radius 1 is 1.26 bits per heavy atom. The quantitative estimate of drug-likeness (QED) is 0.882. The van der Waals surface area contributed by atoms with Gasteiger partial charge in [0.2, 0.25) is 0 Å². The number of halogens is 2. The lowest BCUT2D eigenvalue weighted by molar-refractivity contribution is -0.921. The number of carbonyl (C=O) groups is 1. The second-order valence-corrected chi connectivity index (χ2v) is 5.51. The van der Waals surface area contributed by atoms with Crippen molar-refractivity contribution >= 4 is 34.8 Å². The van der Waals surface area contributed by atoms with E-state index in [1.165, 1.54) is 4.90 Å². The summed E-state index contributed by atoms with van der Waals surface area (Å²) in [6.45, 7) is 5.03. The average molecular weight is 304 g/mol. The smallest absolute Gasteiger partial charge is 0.282 e. The third-order valence-electron chi connectivity index (χ3n) is 3.27. The molecule has 2 rings (SSSR count). The summed E-state index contributed by atoms with van der Waals surface area (Å²) in [6.07, 6.45) is 0. The van der Waals surface area contributed by atoms with Crippen LogP contribution in [0.25, 0.3) is 0 Å². The molecule has 0 aromatic heterocycles. The van der Waals surface area contributed by atoms with Gasteiger partial charge >= 0.3 is 0 Å². The highest BCUT2D eigenvalue weighted by molar-refractivity contribution is 6.35. The van der Waals surface area contributed by atoms with Gasteiger partial charge in [0.1, 0.15) is 13.1 Å². The van der Waals surface area contributed by atoms with Crippen molar-refractivity contribution in [3.63, 3.8) is 0 Å². The van der Waals surface area contributed by atoms with Crippen LogP contribution in [0.5, 0.6) is 0 Å². The summed E-state index contributed by atoms with van der Waals surface area (Å²) in [6, 6.07) is 4.89. The number of morpholine rings is 1. The predicted molar refractivity (Wildman–Crippen MR) is 76.1 cm³/mol. The molecule has 1 aromatic carbocycles. The van der Waals surface area contributed by atoms with Crippen LogP contribution in [0, 0.1) is 0 Å². The number of anilines is 1. The Hall–Kier alpha value is -0.810. The van der Waals surface area contributed by atoms with Crippen molar-refractivity contribution in [2.45, 2.75) is 13.0 Å². The van der Waals surface area contributed by atoms with Gasteiger partial charge in [0.15, 0.2) is 6.04 Å². The van der Waals surface area contributed by atoms with Crippen molar-refractivity contribution in [2.75, 3.05) is 31.6 Å². The molecule has 104 valence electrons. The minimum atomic E-state index is -0.123. The summed E-state index contributed by atoms with van der Waals surface area (Å²) in [5.41, 5.74) is 0.627. The minimum Gasteiger partial charge on any atom is -0.370 e. The highest BCUT2D eigenvalue weighted by Crippen LogP contribution is 2.22. The zero-order chi connectivity index (χ0) is 13.8. The largest absolute Gasteiger partial charge is 0.370 e. The monoisotopic (exact) mass is 303 g/mol. The van der Waals surface area contributed by atoms with Gasteiger partial charge in [-0.2, -0.15) is 0 Å². The maximum atomic E-state index is 12.2. The van der Waals surface area contributed by atoms with Crippen LogP contribution in [0.15, 0.2) is 18.2 Å². The zero-order valence-corrected chi connectivity index (χ0v) is 12.2. The standard InChI is InChI=1S/C13H16Cl2N2O2/c1-9(17-2-4-19-5-3-17)13(18)16-12-7-10(14)6-11(15)8-12/h6-9H,2-5H2,1H3,(H,16,18)/p+1/t9-/m0/s1. The number of rotatable bonds is 3. The molecule has 1 saturated heterocycles. The molecule has 2 N–H and O–H groups in total. The Balaban J connectivity index is 1.99. The average Bonchev–Trinajstić information content (AvgIpc) is 2.37. The number of nitrogens with one attached hydrogen (secondary N) is 2. The van der Waals surface area contributed by atoms with Crippen molar-refractivity contribution in [1.82, 2.24) is 0 Å². The van der Waals surface area contributed by atoms with Gasteiger partial charge in [-0.1, -0.05) is 23.2 Å². The van der Waals surface area contributed by atoms with Gasteiger partial charge in [0.25, 0.3) is 5.91 Å². The topological polar surface area (TPSA) is 42.8 Å². The summed E-state index contributed by atoms with van der Waals surface area (Å²) in [5, 5.41) is 3.87. The lowest BCUT2D eigenvalue weighted by atomic mass is 10.2. The molecule has 1 aliphatic rings. The molecule has 0 spiro atoms. The normalized spacial score (nSPS) is 18.1. The van der Waals surface area contributed by atoms with Crippen molar-refractivity contribution in [3.05, 3.63) is 28.2 Å². The minimum absolute atomic E-state index is 0.0322. The number of amides is 1. The first kappa shape index (κ1) is 14.6. The zero-order valence-electron chi connectivity index (χ0n) is 10.7. The van der Waals surface area contributed by atoms with Crippen LogP contribution in [-0.4, -0.2) is 38.3 Å². The van der Waals surface area contributed by atoms with Crippen LogP contribution >= 0.6 is 23.2 Å². The van der Waals surface area contributed by atoms with Crippen LogP contribution in [0.2, 0.25) is 10.0 Å². The molecule has 0 bridgehead atoms. The van der Waals surface area contributed by atoms with E-state index in [0.29, 0.717) is 28.9 Å². The molecular weight excluding hydrogens is 287 g/mol. The van der Waals surface area contributed by atoms with Gasteiger partial charge < -0.3 is 15.0 Å². The highest BCUT2D eigenvalue weighted by Gasteiger charge is 2.26. The third-order valence-corrected chi connectivity index (χ3v) is 3.71. The fourth-order valence-corrected chi connectivity index (χ4v) is 2.65. The highest BCUT2D eigenvalue weighted by atomic mass is 35.5. The Morgan fingerprint density at radius 3 is 2.42 bits per heavy atom. The van der Waals surface area contributed by atoms with Gasteiger partial charge in [-0.05, 0) is 25.1 Å². The van der Waals surface area contributed by atoms with Crippen LogP contribution in [0.4, 0.5) is 5.69 Å². The Kier molecular flexibility index (Phi) is 5.05. The summed E-state index contributed by atoms with van der Waals surface area (Å²) in [7, 11) is 0. The van der Waals surface area contributed by atoms with E-state index < -0.39 is 0 Å². The number of benzene rings is 1. The fourth-order valence-electron chi connectivity index (χ4n) is 2.13. The van der Waals surface area contributed by atoms with E-state index in [2.05, 4.69) is 5.32 Å². The van der Waals surface area contributed by atoms with Crippen LogP contribution in [0.1, 0.15) is 6.92 Å². The molecule has 1 aliphatic heterocycles. The Labute approximate surface area is 122 Å². The van der Waals surface area contributed by atoms with Crippen LogP contribution < -0.4 is 10.2 Å². The maximum absolute atomic E-state index is 12.2. The summed E-state index contributed by atoms with van der Waals surface area (Å²) >= 11 is 11.8. The molecule has 6 heteroatoms. The van der Waals surface area contributed by atoms with Crippen molar-refractivity contribution in [3.8, 4) is 0 Å². The molecule has 1 amide bonds. The van der Waals surface area contributed by atoms with E-state index in [1.807, 2.05) is 6.92 Å². The SMILES string of the molecule is C[C@@H](C(=O)Nc1cc(Cl)cc(Cl)c1)[NH+]1CCOCC1. The second-order valence-electron chi connectivity index (χ2n) is 4.64. The molecule has 1 aromatic rings. The number of hydrogen-bond donors (Lipinski definition) is 2. The van der Waals surface area contributed by atoms with Gasteiger partial charge in [0.05, 0.1) is 13.2 Å². The van der Waals surface area contributed by atoms with Gasteiger partial charge in [-0.3, -0.25) is 4.79 Å². The molecule has 0 saturated carbocycles. The van der Waals surface area contributed by atoms with Crippen molar-refractivity contribution < 1.29 is 14.4 Å². The lowest BCUT2D eigenvalue weighted by Gasteiger charge is -2.28. The molecule has 4 nitrogen and oxygen atoms in total.